The molecule has 0 nitrogen and oxygen atoms in total. The molecular weight excluding hydrogens is 144 g/mol. The lowest BCUT2D eigenvalue weighted by Crippen LogP contribution is -2.10. The van der Waals surface area contributed by atoms with Crippen LogP contribution in [0.1, 0.15) is 66.7 Å². The highest BCUT2D eigenvalue weighted by Crippen LogP contribution is 2.54. The van der Waals surface area contributed by atoms with Crippen LogP contribution >= 0.6 is 0 Å². The topological polar surface area (TPSA) is 0 Å². The van der Waals surface area contributed by atoms with Crippen molar-refractivity contribution in [2.45, 2.75) is 66.7 Å². The van der Waals surface area contributed by atoms with Crippen LogP contribution < -0.4 is 0 Å². The first kappa shape index (κ1) is 12.0. The van der Waals surface area contributed by atoms with Crippen LogP contribution in [0, 0.1) is 11.3 Å². The molecule has 0 bridgehead atoms. The predicted octanol–water partition coefficient (Wildman–Crippen LogP) is 4.64. The van der Waals surface area contributed by atoms with Gasteiger partial charge in [0.05, 0.1) is 0 Å². The quantitative estimate of drug-likeness (QED) is 0.576. The number of hydrogen-bond donors (Lipinski definition) is 0. The van der Waals surface area contributed by atoms with Gasteiger partial charge in [-0.2, -0.15) is 0 Å². The van der Waals surface area contributed by atoms with E-state index in [2.05, 4.69) is 20.8 Å². The molecule has 0 N–H and O–H groups in total. The fraction of sp³-hybridized carbons (Fsp3) is 1.00. The Kier molecular flexibility index (Phi) is 5.61. The highest BCUT2D eigenvalue weighted by atomic mass is 14.5. The number of rotatable bonds is 4. The van der Waals surface area contributed by atoms with Gasteiger partial charge in [-0.15, -0.1) is 0 Å². The van der Waals surface area contributed by atoms with Gasteiger partial charge in [-0.25, -0.2) is 0 Å². The van der Waals surface area contributed by atoms with Crippen LogP contribution in [0.3, 0.4) is 0 Å². The van der Waals surface area contributed by atoms with Crippen molar-refractivity contribution >= 4 is 0 Å². The van der Waals surface area contributed by atoms with Crippen molar-refractivity contribution in [2.24, 2.45) is 11.3 Å². The molecule has 1 fully saturated rings. The maximum absolute atomic E-state index is 2.46. The van der Waals surface area contributed by atoms with Crippen LogP contribution in [0.15, 0.2) is 0 Å². The van der Waals surface area contributed by atoms with Gasteiger partial charge in [0.25, 0.3) is 0 Å². The minimum Gasteiger partial charge on any atom is -0.0683 e. The van der Waals surface area contributed by atoms with Crippen molar-refractivity contribution in [1.82, 2.24) is 0 Å². The van der Waals surface area contributed by atoms with E-state index in [1.54, 1.807) is 0 Å². The van der Waals surface area contributed by atoms with Crippen LogP contribution in [-0.4, -0.2) is 0 Å². The third kappa shape index (κ3) is 3.16. The second-order valence-electron chi connectivity index (χ2n) is 4.05. The standard InChI is InChI=1S/C10H20.C2H6/c1-4-6-9(5-2)10(3)7-8-10;1-2/h9H,4-8H2,1-3H3;1-2H3. The predicted molar refractivity (Wildman–Crippen MR) is 57.4 cm³/mol. The molecule has 12 heavy (non-hydrogen) atoms. The van der Waals surface area contributed by atoms with E-state index in [4.69, 9.17) is 0 Å². The van der Waals surface area contributed by atoms with E-state index >= 15 is 0 Å². The summed E-state index contributed by atoms with van der Waals surface area (Å²) < 4.78 is 0. The van der Waals surface area contributed by atoms with Gasteiger partial charge >= 0.3 is 0 Å². The Morgan fingerprint density at radius 2 is 1.67 bits per heavy atom. The zero-order chi connectivity index (χ0) is 9.61. The lowest BCUT2D eigenvalue weighted by Gasteiger charge is -2.20. The van der Waals surface area contributed by atoms with Crippen LogP contribution in [0.4, 0.5) is 0 Å². The Morgan fingerprint density at radius 1 is 1.17 bits per heavy atom. The molecule has 0 spiro atoms. The highest BCUT2D eigenvalue weighted by Gasteiger charge is 2.42. The monoisotopic (exact) mass is 170 g/mol. The molecular formula is C12H26. The summed E-state index contributed by atoms with van der Waals surface area (Å²) in [5.41, 5.74) is 0.769. The normalized spacial score (nSPS) is 20.8. The molecule has 0 radical (unpaired) electrons. The van der Waals surface area contributed by atoms with Crippen molar-refractivity contribution < 1.29 is 0 Å². The summed E-state index contributed by atoms with van der Waals surface area (Å²) in [6, 6.07) is 0. The Balaban J connectivity index is 0.000000561. The maximum atomic E-state index is 2.46. The summed E-state index contributed by atoms with van der Waals surface area (Å²) in [5.74, 6) is 1.03. The van der Waals surface area contributed by atoms with E-state index in [1.165, 1.54) is 32.1 Å². The van der Waals surface area contributed by atoms with Crippen molar-refractivity contribution in [3.8, 4) is 0 Å². The summed E-state index contributed by atoms with van der Waals surface area (Å²) in [7, 11) is 0. The maximum Gasteiger partial charge on any atom is -0.0297 e. The third-order valence-corrected chi connectivity index (χ3v) is 3.15. The van der Waals surface area contributed by atoms with E-state index in [0.717, 1.165) is 11.3 Å². The molecule has 0 aromatic carbocycles. The van der Waals surface area contributed by atoms with Gasteiger partial charge in [0.2, 0.25) is 0 Å². The fourth-order valence-electron chi connectivity index (χ4n) is 2.00. The Morgan fingerprint density at radius 3 is 1.92 bits per heavy atom. The molecule has 0 saturated heterocycles. The van der Waals surface area contributed by atoms with Gasteiger partial charge < -0.3 is 0 Å². The minimum absolute atomic E-state index is 0.769. The van der Waals surface area contributed by atoms with Gasteiger partial charge in [-0.3, -0.25) is 0 Å². The van der Waals surface area contributed by atoms with E-state index < -0.39 is 0 Å². The number of hydrogen-bond acceptors (Lipinski definition) is 0. The first-order valence-electron chi connectivity index (χ1n) is 5.73. The second kappa shape index (κ2) is 5.61. The zero-order valence-electron chi connectivity index (χ0n) is 9.61. The van der Waals surface area contributed by atoms with Gasteiger partial charge in [0.15, 0.2) is 0 Å². The largest absolute Gasteiger partial charge is 0.0683 e. The summed E-state index contributed by atoms with van der Waals surface area (Å²) in [6.07, 6.45) is 7.20. The van der Waals surface area contributed by atoms with Crippen molar-refractivity contribution in [3.05, 3.63) is 0 Å². The average molecular weight is 170 g/mol. The van der Waals surface area contributed by atoms with E-state index in [-0.39, 0.29) is 0 Å². The van der Waals surface area contributed by atoms with E-state index in [0.29, 0.717) is 0 Å². The molecule has 0 aromatic rings. The lowest BCUT2D eigenvalue weighted by atomic mass is 9.85. The summed E-state index contributed by atoms with van der Waals surface area (Å²) >= 11 is 0. The van der Waals surface area contributed by atoms with Crippen LogP contribution in [-0.2, 0) is 0 Å². The van der Waals surface area contributed by atoms with Crippen molar-refractivity contribution in [1.29, 1.82) is 0 Å². The smallest absolute Gasteiger partial charge is 0.0297 e. The second-order valence-corrected chi connectivity index (χ2v) is 4.05. The highest BCUT2D eigenvalue weighted by molar-refractivity contribution is 4.93. The van der Waals surface area contributed by atoms with Crippen LogP contribution in [0.25, 0.3) is 0 Å². The molecule has 1 aliphatic carbocycles. The van der Waals surface area contributed by atoms with E-state index in [1.807, 2.05) is 13.8 Å². The fourth-order valence-corrected chi connectivity index (χ4v) is 2.00. The average Bonchev–Trinajstić information content (AvgIpc) is 2.84. The van der Waals surface area contributed by atoms with Crippen LogP contribution in [0.5, 0.6) is 0 Å². The van der Waals surface area contributed by atoms with Crippen LogP contribution in [0.2, 0.25) is 0 Å². The van der Waals surface area contributed by atoms with E-state index in [9.17, 15) is 0 Å². The summed E-state index contributed by atoms with van der Waals surface area (Å²) in [6.45, 7) is 11.1. The molecule has 1 atom stereocenters. The molecule has 74 valence electrons. The zero-order valence-corrected chi connectivity index (χ0v) is 9.61. The molecule has 0 aliphatic heterocycles. The van der Waals surface area contributed by atoms with Crippen molar-refractivity contribution in [3.63, 3.8) is 0 Å². The Bertz CT molecular complexity index is 101. The Hall–Kier alpha value is 0. The Labute approximate surface area is 78.8 Å². The molecule has 1 unspecified atom stereocenters. The first-order chi connectivity index (χ1) is 5.73. The van der Waals surface area contributed by atoms with Gasteiger partial charge in [-0.1, -0.05) is 53.9 Å². The molecule has 0 aromatic heterocycles. The van der Waals surface area contributed by atoms with Crippen molar-refractivity contribution in [2.75, 3.05) is 0 Å². The van der Waals surface area contributed by atoms with Gasteiger partial charge in [-0.05, 0) is 24.2 Å². The summed E-state index contributed by atoms with van der Waals surface area (Å²) in [4.78, 5) is 0. The third-order valence-electron chi connectivity index (χ3n) is 3.15. The minimum atomic E-state index is 0.769. The molecule has 1 rings (SSSR count). The first-order valence-corrected chi connectivity index (χ1v) is 5.73. The van der Waals surface area contributed by atoms with Gasteiger partial charge in [0.1, 0.15) is 0 Å². The SMILES string of the molecule is CC.CCCC(CC)C1(C)CC1. The molecule has 1 aliphatic rings. The molecule has 0 heterocycles. The molecule has 1 saturated carbocycles. The lowest BCUT2D eigenvalue weighted by molar-refractivity contribution is 0.301. The molecule has 0 amide bonds. The van der Waals surface area contributed by atoms with Gasteiger partial charge in [0, 0.05) is 0 Å². The molecule has 0 heteroatoms. The summed E-state index contributed by atoms with van der Waals surface area (Å²) in [5, 5.41) is 0.